The highest BCUT2D eigenvalue weighted by atomic mass is 79.9. The zero-order chi connectivity index (χ0) is 10.6. The molecular formula is C9H12BrNO2S. The summed E-state index contributed by atoms with van der Waals surface area (Å²) in [5.41, 5.74) is 5.60. The molecule has 0 aliphatic rings. The third-order valence-corrected chi connectivity index (χ3v) is 3.77. The minimum Gasteiger partial charge on any atom is -0.469 e. The van der Waals surface area contributed by atoms with Gasteiger partial charge in [0.1, 0.15) is 0 Å². The molecular weight excluding hydrogens is 266 g/mol. The van der Waals surface area contributed by atoms with Crippen molar-refractivity contribution in [3.63, 3.8) is 0 Å². The van der Waals surface area contributed by atoms with Crippen LogP contribution in [0.4, 0.5) is 0 Å². The molecule has 1 heterocycles. The Labute approximate surface area is 95.4 Å². The van der Waals surface area contributed by atoms with Crippen LogP contribution in [-0.2, 0) is 9.53 Å². The van der Waals surface area contributed by atoms with Gasteiger partial charge in [0.25, 0.3) is 0 Å². The number of halogens is 1. The van der Waals surface area contributed by atoms with Gasteiger partial charge in [0.15, 0.2) is 0 Å². The first-order valence-electron chi connectivity index (χ1n) is 4.18. The SMILES string of the molecule is COC(=O)CC(CN)c1cc(Br)cs1. The molecule has 0 bridgehead atoms. The summed E-state index contributed by atoms with van der Waals surface area (Å²) in [5, 5.41) is 1.98. The van der Waals surface area contributed by atoms with Crippen LogP contribution >= 0.6 is 27.3 Å². The standard InChI is InChI=1S/C9H12BrNO2S/c1-13-9(12)2-6(4-11)8-3-7(10)5-14-8/h3,5-6H,2,4,11H2,1H3. The van der Waals surface area contributed by atoms with Gasteiger partial charge in [0, 0.05) is 27.2 Å². The summed E-state index contributed by atoms with van der Waals surface area (Å²) in [6.45, 7) is 0.460. The Balaban J connectivity index is 2.67. The molecule has 1 unspecified atom stereocenters. The lowest BCUT2D eigenvalue weighted by Crippen LogP contribution is -2.16. The van der Waals surface area contributed by atoms with Crippen LogP contribution in [0.3, 0.4) is 0 Å². The van der Waals surface area contributed by atoms with E-state index in [-0.39, 0.29) is 11.9 Å². The summed E-state index contributed by atoms with van der Waals surface area (Å²) < 4.78 is 5.64. The maximum Gasteiger partial charge on any atom is 0.306 e. The number of ether oxygens (including phenoxy) is 1. The first kappa shape index (κ1) is 11.7. The van der Waals surface area contributed by atoms with Gasteiger partial charge < -0.3 is 10.5 Å². The number of hydrogen-bond acceptors (Lipinski definition) is 4. The monoisotopic (exact) mass is 277 g/mol. The number of thiophene rings is 1. The first-order valence-corrected chi connectivity index (χ1v) is 5.85. The zero-order valence-corrected chi connectivity index (χ0v) is 10.2. The van der Waals surface area contributed by atoms with Crippen LogP contribution in [0.25, 0.3) is 0 Å². The van der Waals surface area contributed by atoms with Gasteiger partial charge in [-0.25, -0.2) is 0 Å². The lowest BCUT2D eigenvalue weighted by Gasteiger charge is -2.10. The molecule has 0 aliphatic heterocycles. The number of methoxy groups -OCH3 is 1. The predicted octanol–water partition coefficient (Wildman–Crippen LogP) is 2.12. The summed E-state index contributed by atoms with van der Waals surface area (Å²) in [5.74, 6) is -0.149. The Bertz CT molecular complexity index is 314. The predicted molar refractivity (Wildman–Crippen MR) is 60.4 cm³/mol. The van der Waals surface area contributed by atoms with Gasteiger partial charge in [-0.15, -0.1) is 11.3 Å². The number of carbonyl (C=O) groups excluding carboxylic acids is 1. The molecule has 1 aromatic rings. The highest BCUT2D eigenvalue weighted by molar-refractivity contribution is 9.10. The van der Waals surface area contributed by atoms with Crippen molar-refractivity contribution >= 4 is 33.2 Å². The van der Waals surface area contributed by atoms with Crippen molar-refractivity contribution in [2.24, 2.45) is 5.73 Å². The fraction of sp³-hybridized carbons (Fsp3) is 0.444. The molecule has 0 aromatic carbocycles. The average Bonchev–Trinajstić information content (AvgIpc) is 2.60. The van der Waals surface area contributed by atoms with E-state index in [2.05, 4.69) is 20.7 Å². The Hall–Kier alpha value is -0.390. The zero-order valence-electron chi connectivity index (χ0n) is 7.83. The minimum absolute atomic E-state index is 0.0683. The van der Waals surface area contributed by atoms with Crippen LogP contribution < -0.4 is 5.73 Å². The van der Waals surface area contributed by atoms with E-state index in [4.69, 9.17) is 5.73 Å². The van der Waals surface area contributed by atoms with Gasteiger partial charge in [-0.05, 0) is 22.0 Å². The third-order valence-electron chi connectivity index (χ3n) is 1.92. The van der Waals surface area contributed by atoms with Crippen LogP contribution in [0.15, 0.2) is 15.9 Å². The smallest absolute Gasteiger partial charge is 0.306 e. The Morgan fingerprint density at radius 3 is 2.93 bits per heavy atom. The van der Waals surface area contributed by atoms with Gasteiger partial charge in [0.2, 0.25) is 0 Å². The van der Waals surface area contributed by atoms with Crippen molar-refractivity contribution in [2.45, 2.75) is 12.3 Å². The van der Waals surface area contributed by atoms with Gasteiger partial charge in [-0.2, -0.15) is 0 Å². The van der Waals surface area contributed by atoms with Crippen LogP contribution in [0.2, 0.25) is 0 Å². The van der Waals surface area contributed by atoms with Gasteiger partial charge in [0.05, 0.1) is 13.5 Å². The lowest BCUT2D eigenvalue weighted by molar-refractivity contribution is -0.141. The van der Waals surface area contributed by atoms with E-state index in [9.17, 15) is 4.79 Å². The molecule has 1 rings (SSSR count). The van der Waals surface area contributed by atoms with E-state index in [1.807, 2.05) is 11.4 Å². The second kappa shape index (κ2) is 5.48. The maximum atomic E-state index is 11.1. The quantitative estimate of drug-likeness (QED) is 0.858. The average molecular weight is 278 g/mol. The molecule has 0 saturated carbocycles. The molecule has 1 aromatic heterocycles. The molecule has 1 atom stereocenters. The highest BCUT2D eigenvalue weighted by Crippen LogP contribution is 2.28. The lowest BCUT2D eigenvalue weighted by atomic mass is 10.0. The normalized spacial score (nSPS) is 12.5. The fourth-order valence-corrected chi connectivity index (χ4v) is 2.69. The fourth-order valence-electron chi connectivity index (χ4n) is 1.13. The Kier molecular flexibility index (Phi) is 4.57. The van der Waals surface area contributed by atoms with Crippen LogP contribution in [-0.4, -0.2) is 19.6 Å². The van der Waals surface area contributed by atoms with E-state index in [0.717, 1.165) is 9.35 Å². The van der Waals surface area contributed by atoms with Crippen molar-refractivity contribution in [3.05, 3.63) is 20.8 Å². The second-order valence-electron chi connectivity index (χ2n) is 2.88. The Morgan fingerprint density at radius 1 is 1.79 bits per heavy atom. The van der Waals surface area contributed by atoms with Crippen molar-refractivity contribution in [2.75, 3.05) is 13.7 Å². The van der Waals surface area contributed by atoms with E-state index in [1.54, 1.807) is 11.3 Å². The van der Waals surface area contributed by atoms with E-state index in [0.29, 0.717) is 13.0 Å². The second-order valence-corrected chi connectivity index (χ2v) is 4.74. The third kappa shape index (κ3) is 3.08. The number of carbonyl (C=O) groups is 1. The highest BCUT2D eigenvalue weighted by Gasteiger charge is 2.16. The Morgan fingerprint density at radius 2 is 2.50 bits per heavy atom. The molecule has 14 heavy (non-hydrogen) atoms. The summed E-state index contributed by atoms with van der Waals surface area (Å²) in [4.78, 5) is 12.2. The van der Waals surface area contributed by atoms with Crippen molar-refractivity contribution in [1.82, 2.24) is 0 Å². The minimum atomic E-state index is -0.218. The van der Waals surface area contributed by atoms with Crippen molar-refractivity contribution < 1.29 is 9.53 Å². The molecule has 5 heteroatoms. The molecule has 2 N–H and O–H groups in total. The largest absolute Gasteiger partial charge is 0.469 e. The first-order chi connectivity index (χ1) is 6.67. The van der Waals surface area contributed by atoms with Gasteiger partial charge in [-0.3, -0.25) is 4.79 Å². The molecule has 0 radical (unpaired) electrons. The molecule has 0 amide bonds. The number of nitrogens with two attached hydrogens (primary N) is 1. The summed E-state index contributed by atoms with van der Waals surface area (Å²) in [6.07, 6.45) is 0.347. The van der Waals surface area contributed by atoms with Crippen LogP contribution in [0.1, 0.15) is 17.2 Å². The molecule has 78 valence electrons. The summed E-state index contributed by atoms with van der Waals surface area (Å²) in [7, 11) is 1.39. The number of rotatable bonds is 4. The van der Waals surface area contributed by atoms with Gasteiger partial charge in [-0.1, -0.05) is 0 Å². The molecule has 0 spiro atoms. The maximum absolute atomic E-state index is 11.1. The summed E-state index contributed by atoms with van der Waals surface area (Å²) >= 11 is 4.97. The van der Waals surface area contributed by atoms with E-state index in [1.165, 1.54) is 7.11 Å². The van der Waals surface area contributed by atoms with Gasteiger partial charge >= 0.3 is 5.97 Å². The molecule has 3 nitrogen and oxygen atoms in total. The number of esters is 1. The van der Waals surface area contributed by atoms with E-state index >= 15 is 0 Å². The van der Waals surface area contributed by atoms with Crippen molar-refractivity contribution in [3.8, 4) is 0 Å². The number of hydrogen-bond donors (Lipinski definition) is 1. The van der Waals surface area contributed by atoms with E-state index < -0.39 is 0 Å². The molecule has 0 fully saturated rings. The molecule has 0 saturated heterocycles. The molecule has 0 aliphatic carbocycles. The van der Waals surface area contributed by atoms with Crippen LogP contribution in [0, 0.1) is 0 Å². The summed E-state index contributed by atoms with van der Waals surface area (Å²) in [6, 6.07) is 1.99. The van der Waals surface area contributed by atoms with Crippen molar-refractivity contribution in [1.29, 1.82) is 0 Å². The topological polar surface area (TPSA) is 52.3 Å². The van der Waals surface area contributed by atoms with Crippen LogP contribution in [0.5, 0.6) is 0 Å².